The number of nitrogens with one attached hydrogen (secondary N) is 1. The molecule has 32 heavy (non-hydrogen) atoms. The number of carbonyl (C=O) groups is 1. The highest BCUT2D eigenvalue weighted by atomic mass is 16.6. The predicted octanol–water partition coefficient (Wildman–Crippen LogP) is 4.16. The Morgan fingerprint density at radius 2 is 1.81 bits per heavy atom. The van der Waals surface area contributed by atoms with Gasteiger partial charge >= 0.3 is 0 Å². The van der Waals surface area contributed by atoms with Gasteiger partial charge in [-0.05, 0) is 61.2 Å². The van der Waals surface area contributed by atoms with Gasteiger partial charge in [-0.25, -0.2) is 4.98 Å². The van der Waals surface area contributed by atoms with E-state index in [4.69, 9.17) is 10.6 Å². The average Bonchev–Trinajstić information content (AvgIpc) is 2.85. The van der Waals surface area contributed by atoms with E-state index in [1.165, 1.54) is 19.3 Å². The molecule has 4 rings (SSSR count). The first-order valence-electron chi connectivity index (χ1n) is 10.8. The quantitative estimate of drug-likeness (QED) is 0.334. The average molecular weight is 430 g/mol. The Morgan fingerprint density at radius 1 is 1.00 bits per heavy atom. The summed E-state index contributed by atoms with van der Waals surface area (Å²) >= 11 is 0. The van der Waals surface area contributed by atoms with E-state index in [0.717, 1.165) is 30.2 Å². The number of hydrogen-bond donors (Lipinski definition) is 2. The van der Waals surface area contributed by atoms with Crippen LogP contribution in [0, 0.1) is 0 Å². The van der Waals surface area contributed by atoms with Crippen molar-refractivity contribution < 1.29 is 9.63 Å². The lowest BCUT2D eigenvalue weighted by atomic mass is 10.1. The van der Waals surface area contributed by atoms with E-state index in [9.17, 15) is 4.79 Å². The van der Waals surface area contributed by atoms with Crippen LogP contribution < -0.4 is 16.0 Å². The van der Waals surface area contributed by atoms with Gasteiger partial charge < -0.3 is 20.8 Å². The molecule has 1 aromatic heterocycles. The molecule has 1 saturated heterocycles. The maximum absolute atomic E-state index is 12.5. The second kappa shape index (κ2) is 10.4. The number of pyridine rings is 1. The minimum atomic E-state index is -0.180. The van der Waals surface area contributed by atoms with Gasteiger partial charge in [-0.3, -0.25) is 4.79 Å². The molecule has 3 aromatic rings. The van der Waals surface area contributed by atoms with Gasteiger partial charge in [0.2, 0.25) is 0 Å². The SMILES string of the molecule is N/C(=N\OCc1cccc(C(=O)Nc2ccccc2)c1)c1ccc(N2CCCCC2)nc1. The molecule has 1 aliphatic rings. The number of benzene rings is 2. The number of amidine groups is 1. The highest BCUT2D eigenvalue weighted by molar-refractivity contribution is 6.04. The third-order valence-corrected chi connectivity index (χ3v) is 5.34. The molecule has 1 fully saturated rings. The number of nitrogens with two attached hydrogens (primary N) is 1. The van der Waals surface area contributed by atoms with E-state index in [2.05, 4.69) is 20.4 Å². The fraction of sp³-hybridized carbons (Fsp3) is 0.240. The van der Waals surface area contributed by atoms with Crippen molar-refractivity contribution in [3.63, 3.8) is 0 Å². The van der Waals surface area contributed by atoms with Gasteiger partial charge in [0, 0.05) is 36.1 Å². The van der Waals surface area contributed by atoms with Gasteiger partial charge in [-0.2, -0.15) is 0 Å². The normalized spacial score (nSPS) is 14.1. The van der Waals surface area contributed by atoms with E-state index in [1.54, 1.807) is 18.3 Å². The van der Waals surface area contributed by atoms with Crippen LogP contribution in [-0.4, -0.2) is 29.8 Å². The third kappa shape index (κ3) is 5.63. The molecule has 3 N–H and O–H groups in total. The van der Waals surface area contributed by atoms with E-state index in [-0.39, 0.29) is 18.3 Å². The largest absolute Gasteiger partial charge is 0.389 e. The molecular formula is C25H27N5O2. The van der Waals surface area contributed by atoms with Gasteiger partial charge in [0.25, 0.3) is 5.91 Å². The number of rotatable bonds is 7. The number of carbonyl (C=O) groups excluding carboxylic acids is 1. The highest BCUT2D eigenvalue weighted by Gasteiger charge is 2.12. The summed E-state index contributed by atoms with van der Waals surface area (Å²) in [6.45, 7) is 2.29. The Morgan fingerprint density at radius 3 is 2.56 bits per heavy atom. The highest BCUT2D eigenvalue weighted by Crippen LogP contribution is 2.17. The van der Waals surface area contributed by atoms with Crippen LogP contribution in [0.15, 0.2) is 78.1 Å². The van der Waals surface area contributed by atoms with Crippen molar-refractivity contribution in [2.45, 2.75) is 25.9 Å². The molecule has 2 heterocycles. The number of piperidine rings is 1. The Balaban J connectivity index is 1.33. The molecule has 7 nitrogen and oxygen atoms in total. The zero-order valence-electron chi connectivity index (χ0n) is 17.9. The van der Waals surface area contributed by atoms with Crippen molar-refractivity contribution in [2.75, 3.05) is 23.3 Å². The Bertz CT molecular complexity index is 1060. The van der Waals surface area contributed by atoms with Crippen LogP contribution in [0.2, 0.25) is 0 Å². The van der Waals surface area contributed by atoms with Gasteiger partial charge in [-0.15, -0.1) is 0 Å². The zero-order chi connectivity index (χ0) is 22.2. The second-order valence-electron chi connectivity index (χ2n) is 7.72. The maximum atomic E-state index is 12.5. The molecule has 0 aliphatic carbocycles. The Hall–Kier alpha value is -3.87. The lowest BCUT2D eigenvalue weighted by Crippen LogP contribution is -2.30. The summed E-state index contributed by atoms with van der Waals surface area (Å²) < 4.78 is 0. The van der Waals surface area contributed by atoms with E-state index in [1.807, 2.05) is 54.6 Å². The van der Waals surface area contributed by atoms with Crippen LogP contribution in [0.1, 0.15) is 40.7 Å². The molecule has 1 amide bonds. The first-order chi connectivity index (χ1) is 15.7. The minimum absolute atomic E-state index is 0.180. The summed E-state index contributed by atoms with van der Waals surface area (Å²) in [6.07, 6.45) is 5.42. The fourth-order valence-electron chi connectivity index (χ4n) is 3.60. The molecule has 0 unspecified atom stereocenters. The van der Waals surface area contributed by atoms with Crippen molar-refractivity contribution >= 4 is 23.2 Å². The Kier molecular flexibility index (Phi) is 6.97. The molecule has 2 aromatic carbocycles. The van der Waals surface area contributed by atoms with Gasteiger partial charge in [0.05, 0.1) is 0 Å². The van der Waals surface area contributed by atoms with Gasteiger partial charge in [0.15, 0.2) is 5.84 Å². The van der Waals surface area contributed by atoms with Crippen LogP contribution in [0.25, 0.3) is 0 Å². The molecule has 1 aliphatic heterocycles. The summed E-state index contributed by atoms with van der Waals surface area (Å²) in [5.41, 5.74) is 8.88. The second-order valence-corrected chi connectivity index (χ2v) is 7.72. The van der Waals surface area contributed by atoms with Crippen molar-refractivity contribution in [3.8, 4) is 0 Å². The molecule has 0 spiro atoms. The van der Waals surface area contributed by atoms with Crippen LogP contribution in [-0.2, 0) is 11.4 Å². The molecule has 0 saturated carbocycles. The zero-order valence-corrected chi connectivity index (χ0v) is 17.9. The smallest absolute Gasteiger partial charge is 0.255 e. The molecule has 0 bridgehead atoms. The van der Waals surface area contributed by atoms with Crippen LogP contribution >= 0.6 is 0 Å². The number of aromatic nitrogens is 1. The summed E-state index contributed by atoms with van der Waals surface area (Å²) in [4.78, 5) is 24.7. The number of hydrogen-bond acceptors (Lipinski definition) is 5. The lowest BCUT2D eigenvalue weighted by molar-refractivity contribution is 0.102. The van der Waals surface area contributed by atoms with Crippen molar-refractivity contribution in [3.05, 3.63) is 89.6 Å². The number of anilines is 2. The molecular weight excluding hydrogens is 402 g/mol. The number of amides is 1. The van der Waals surface area contributed by atoms with Crippen LogP contribution in [0.5, 0.6) is 0 Å². The standard InChI is InChI=1S/C25H27N5O2/c26-24(21-12-13-23(27-17-21)30-14-5-2-6-15-30)29-32-18-19-8-7-9-20(16-19)25(31)28-22-10-3-1-4-11-22/h1,3-4,7-13,16-17H,2,5-6,14-15,18H2,(H2,26,29)(H,28,31). The summed E-state index contributed by atoms with van der Waals surface area (Å²) in [5.74, 6) is 1.05. The van der Waals surface area contributed by atoms with Crippen molar-refractivity contribution in [1.29, 1.82) is 0 Å². The van der Waals surface area contributed by atoms with Gasteiger partial charge in [-0.1, -0.05) is 35.5 Å². The van der Waals surface area contributed by atoms with E-state index in [0.29, 0.717) is 11.1 Å². The predicted molar refractivity (Wildman–Crippen MR) is 127 cm³/mol. The van der Waals surface area contributed by atoms with Gasteiger partial charge in [0.1, 0.15) is 12.4 Å². The summed E-state index contributed by atoms with van der Waals surface area (Å²) in [6, 6.07) is 20.4. The Labute approximate surface area is 187 Å². The summed E-state index contributed by atoms with van der Waals surface area (Å²) in [7, 11) is 0. The van der Waals surface area contributed by atoms with E-state index < -0.39 is 0 Å². The third-order valence-electron chi connectivity index (χ3n) is 5.34. The molecule has 0 radical (unpaired) electrons. The van der Waals surface area contributed by atoms with Crippen molar-refractivity contribution in [2.24, 2.45) is 10.9 Å². The van der Waals surface area contributed by atoms with E-state index >= 15 is 0 Å². The maximum Gasteiger partial charge on any atom is 0.255 e. The van der Waals surface area contributed by atoms with Crippen LogP contribution in [0.4, 0.5) is 11.5 Å². The fourth-order valence-corrected chi connectivity index (χ4v) is 3.60. The monoisotopic (exact) mass is 429 g/mol. The first-order valence-corrected chi connectivity index (χ1v) is 10.8. The van der Waals surface area contributed by atoms with Crippen LogP contribution in [0.3, 0.4) is 0 Å². The topological polar surface area (TPSA) is 92.8 Å². The molecule has 164 valence electrons. The summed E-state index contributed by atoms with van der Waals surface area (Å²) in [5, 5.41) is 6.89. The number of oxime groups is 1. The number of para-hydroxylation sites is 1. The molecule has 0 atom stereocenters. The number of nitrogens with zero attached hydrogens (tertiary/aromatic N) is 3. The lowest BCUT2D eigenvalue weighted by Gasteiger charge is -2.27. The van der Waals surface area contributed by atoms with Crippen molar-refractivity contribution in [1.82, 2.24) is 4.98 Å². The molecule has 7 heteroatoms. The minimum Gasteiger partial charge on any atom is -0.389 e. The first kappa shape index (κ1) is 21.4.